The van der Waals surface area contributed by atoms with E-state index in [9.17, 15) is 4.79 Å². The summed E-state index contributed by atoms with van der Waals surface area (Å²) in [6.07, 6.45) is 0. The Morgan fingerprint density at radius 2 is 1.93 bits per heavy atom. The molecule has 0 aliphatic rings. The summed E-state index contributed by atoms with van der Waals surface area (Å²) in [5, 5.41) is 0. The van der Waals surface area contributed by atoms with Crippen molar-refractivity contribution in [3.63, 3.8) is 0 Å². The van der Waals surface area contributed by atoms with Crippen molar-refractivity contribution in [1.29, 1.82) is 0 Å². The topological polar surface area (TPSA) is 20.3 Å². The zero-order valence-corrected chi connectivity index (χ0v) is 9.03. The number of carbonyl (C=O) groups excluding carboxylic acids is 1. The Bertz CT molecular complexity index is 294. The van der Waals surface area contributed by atoms with Gasteiger partial charge in [0, 0.05) is 5.56 Å². The van der Waals surface area contributed by atoms with Crippen molar-refractivity contribution in [1.82, 2.24) is 4.90 Å². The molecule has 76 valence electrons. The number of hydrogen-bond acceptors (Lipinski definition) is 2. The van der Waals surface area contributed by atoms with Crippen molar-refractivity contribution in [2.75, 3.05) is 13.6 Å². The molecule has 2 nitrogen and oxygen atoms in total. The molecule has 1 atom stereocenters. The molecule has 1 rings (SSSR count). The molecule has 0 bridgehead atoms. The lowest BCUT2D eigenvalue weighted by Crippen LogP contribution is -2.35. The summed E-state index contributed by atoms with van der Waals surface area (Å²) in [6, 6.07) is 9.40. The predicted molar refractivity (Wildman–Crippen MR) is 58.5 cm³/mol. The molecule has 0 aliphatic carbocycles. The van der Waals surface area contributed by atoms with Crippen LogP contribution in [0.5, 0.6) is 0 Å². The average molecular weight is 191 g/mol. The smallest absolute Gasteiger partial charge is 0.179 e. The van der Waals surface area contributed by atoms with Crippen LogP contribution in [0.25, 0.3) is 0 Å². The molecule has 1 aromatic carbocycles. The molecule has 0 aliphatic heterocycles. The standard InChI is InChI=1S/C12H17NO/c1-4-13(3)10(2)12(14)11-8-6-5-7-9-11/h5-10H,4H2,1-3H3/t10-/m0/s1. The highest BCUT2D eigenvalue weighted by molar-refractivity contribution is 5.99. The van der Waals surface area contributed by atoms with Crippen LogP contribution >= 0.6 is 0 Å². The third-order valence-electron chi connectivity index (χ3n) is 2.60. The number of hydrogen-bond donors (Lipinski definition) is 0. The van der Waals surface area contributed by atoms with Crippen LogP contribution < -0.4 is 0 Å². The minimum Gasteiger partial charge on any atom is -0.297 e. The minimum atomic E-state index is -0.0394. The number of benzene rings is 1. The largest absolute Gasteiger partial charge is 0.297 e. The van der Waals surface area contributed by atoms with Gasteiger partial charge < -0.3 is 0 Å². The van der Waals surface area contributed by atoms with Crippen molar-refractivity contribution in [2.45, 2.75) is 19.9 Å². The zero-order valence-electron chi connectivity index (χ0n) is 9.03. The quantitative estimate of drug-likeness (QED) is 0.680. The number of ketones is 1. The van der Waals surface area contributed by atoms with Crippen LogP contribution in [0.3, 0.4) is 0 Å². The molecular formula is C12H17NO. The van der Waals surface area contributed by atoms with Gasteiger partial charge in [-0.2, -0.15) is 0 Å². The molecule has 0 N–H and O–H groups in total. The minimum absolute atomic E-state index is 0.0394. The van der Waals surface area contributed by atoms with Gasteiger partial charge in [0.25, 0.3) is 0 Å². The van der Waals surface area contributed by atoms with E-state index in [4.69, 9.17) is 0 Å². The highest BCUT2D eigenvalue weighted by Gasteiger charge is 2.17. The Labute approximate surface area is 85.5 Å². The summed E-state index contributed by atoms with van der Waals surface area (Å²) in [4.78, 5) is 13.9. The van der Waals surface area contributed by atoms with Crippen LogP contribution in [0, 0.1) is 0 Å². The first-order chi connectivity index (χ1) is 6.66. The van der Waals surface area contributed by atoms with Gasteiger partial charge in [0.05, 0.1) is 6.04 Å². The SMILES string of the molecule is CCN(C)[C@@H](C)C(=O)c1ccccc1. The number of nitrogens with zero attached hydrogens (tertiary/aromatic N) is 1. The summed E-state index contributed by atoms with van der Waals surface area (Å²) < 4.78 is 0. The van der Waals surface area contributed by atoms with E-state index in [-0.39, 0.29) is 11.8 Å². The van der Waals surface area contributed by atoms with Gasteiger partial charge in [-0.3, -0.25) is 9.69 Å². The van der Waals surface area contributed by atoms with Crippen LogP contribution in [0.15, 0.2) is 30.3 Å². The summed E-state index contributed by atoms with van der Waals surface area (Å²) >= 11 is 0. The van der Waals surface area contributed by atoms with Crippen LogP contribution in [0.2, 0.25) is 0 Å². The first-order valence-corrected chi connectivity index (χ1v) is 4.96. The van der Waals surface area contributed by atoms with Crippen LogP contribution in [0.4, 0.5) is 0 Å². The Morgan fingerprint density at radius 1 is 1.36 bits per heavy atom. The fourth-order valence-electron chi connectivity index (χ4n) is 1.32. The van der Waals surface area contributed by atoms with Gasteiger partial charge >= 0.3 is 0 Å². The Morgan fingerprint density at radius 3 is 2.43 bits per heavy atom. The van der Waals surface area contributed by atoms with E-state index in [1.165, 1.54) is 0 Å². The second-order valence-electron chi connectivity index (χ2n) is 3.48. The molecule has 1 aromatic rings. The number of carbonyl (C=O) groups is 1. The first-order valence-electron chi connectivity index (χ1n) is 4.96. The molecule has 0 aromatic heterocycles. The Balaban J connectivity index is 2.76. The molecule has 0 amide bonds. The van der Waals surface area contributed by atoms with Crippen molar-refractivity contribution in [3.05, 3.63) is 35.9 Å². The third-order valence-corrected chi connectivity index (χ3v) is 2.60. The molecular weight excluding hydrogens is 174 g/mol. The highest BCUT2D eigenvalue weighted by Crippen LogP contribution is 2.06. The van der Waals surface area contributed by atoms with Crippen LogP contribution in [-0.2, 0) is 0 Å². The molecule has 0 unspecified atom stereocenters. The maximum absolute atomic E-state index is 11.9. The number of Topliss-reactive ketones (excluding diaryl/α,β-unsaturated/α-hetero) is 1. The lowest BCUT2D eigenvalue weighted by Gasteiger charge is -2.21. The van der Waals surface area contributed by atoms with Crippen molar-refractivity contribution in [2.24, 2.45) is 0 Å². The summed E-state index contributed by atoms with van der Waals surface area (Å²) in [6.45, 7) is 4.88. The lowest BCUT2D eigenvalue weighted by atomic mass is 10.0. The molecule has 0 fully saturated rings. The average Bonchev–Trinajstić information content (AvgIpc) is 2.27. The lowest BCUT2D eigenvalue weighted by molar-refractivity contribution is 0.0874. The zero-order chi connectivity index (χ0) is 10.6. The van der Waals surface area contributed by atoms with E-state index in [1.54, 1.807) is 0 Å². The number of likely N-dealkylation sites (N-methyl/N-ethyl adjacent to an activating group) is 1. The fraction of sp³-hybridized carbons (Fsp3) is 0.417. The molecule has 2 heteroatoms. The molecule has 0 radical (unpaired) electrons. The maximum Gasteiger partial charge on any atom is 0.179 e. The van der Waals surface area contributed by atoms with Gasteiger partial charge in [0.1, 0.15) is 0 Å². The summed E-state index contributed by atoms with van der Waals surface area (Å²) in [5.41, 5.74) is 0.792. The Hall–Kier alpha value is -1.15. The van der Waals surface area contributed by atoms with Gasteiger partial charge in [0.15, 0.2) is 5.78 Å². The van der Waals surface area contributed by atoms with Crippen molar-refractivity contribution in [3.8, 4) is 0 Å². The second-order valence-corrected chi connectivity index (χ2v) is 3.48. The van der Waals surface area contributed by atoms with Gasteiger partial charge in [-0.05, 0) is 20.5 Å². The van der Waals surface area contributed by atoms with Crippen LogP contribution in [-0.4, -0.2) is 30.3 Å². The summed E-state index contributed by atoms with van der Waals surface area (Å²) in [5.74, 6) is 0.190. The fourth-order valence-corrected chi connectivity index (χ4v) is 1.32. The molecule has 0 spiro atoms. The highest BCUT2D eigenvalue weighted by atomic mass is 16.1. The monoisotopic (exact) mass is 191 g/mol. The van der Waals surface area contributed by atoms with Gasteiger partial charge in [-0.25, -0.2) is 0 Å². The maximum atomic E-state index is 11.9. The van der Waals surface area contributed by atoms with Gasteiger partial charge in [-0.15, -0.1) is 0 Å². The van der Waals surface area contributed by atoms with Crippen LogP contribution in [0.1, 0.15) is 24.2 Å². The Kier molecular flexibility index (Phi) is 3.84. The van der Waals surface area contributed by atoms with E-state index in [1.807, 2.05) is 49.2 Å². The van der Waals surface area contributed by atoms with Gasteiger partial charge in [-0.1, -0.05) is 37.3 Å². The molecule has 14 heavy (non-hydrogen) atoms. The van der Waals surface area contributed by atoms with Crippen molar-refractivity contribution < 1.29 is 4.79 Å². The van der Waals surface area contributed by atoms with E-state index >= 15 is 0 Å². The third kappa shape index (κ3) is 2.42. The molecule has 0 saturated carbocycles. The second kappa shape index (κ2) is 4.91. The summed E-state index contributed by atoms with van der Waals surface area (Å²) in [7, 11) is 1.96. The number of rotatable bonds is 4. The van der Waals surface area contributed by atoms with Crippen molar-refractivity contribution >= 4 is 5.78 Å². The van der Waals surface area contributed by atoms with E-state index in [0.717, 1.165) is 12.1 Å². The van der Waals surface area contributed by atoms with E-state index in [0.29, 0.717) is 0 Å². The molecule has 0 heterocycles. The molecule has 0 saturated heterocycles. The first kappa shape index (κ1) is 10.9. The van der Waals surface area contributed by atoms with E-state index < -0.39 is 0 Å². The normalized spacial score (nSPS) is 12.9. The predicted octanol–water partition coefficient (Wildman–Crippen LogP) is 2.21. The van der Waals surface area contributed by atoms with E-state index in [2.05, 4.69) is 6.92 Å². The van der Waals surface area contributed by atoms with Gasteiger partial charge in [0.2, 0.25) is 0 Å².